The molecule has 2 aliphatic carbocycles. The fourth-order valence-electron chi connectivity index (χ4n) is 3.13. The Balaban J connectivity index is 1.41. The molecule has 2 amide bonds. The van der Waals surface area contributed by atoms with E-state index in [1.165, 1.54) is 0 Å². The summed E-state index contributed by atoms with van der Waals surface area (Å²) in [6.45, 7) is 2.61. The number of likely N-dealkylation sites (tertiary alicyclic amines) is 1. The molecule has 0 aromatic heterocycles. The molecule has 0 atom stereocenters. The van der Waals surface area contributed by atoms with E-state index in [9.17, 15) is 9.59 Å². The van der Waals surface area contributed by atoms with E-state index in [0.29, 0.717) is 25.0 Å². The Hall–Kier alpha value is -1.10. The van der Waals surface area contributed by atoms with Crippen LogP contribution in [0.3, 0.4) is 0 Å². The molecule has 1 heterocycles. The number of carbonyl (C=O) groups is 2. The standard InChI is InChI=1S/C14H22N2O3/c1-19-7-4-15-12(17)10-2-5-16(6-3-10)13(18)14-8-11(14)9-14/h10-11H,2-9H2,1H3,(H,15,17). The second-order valence-corrected chi connectivity index (χ2v) is 6.11. The molecule has 3 fully saturated rings. The summed E-state index contributed by atoms with van der Waals surface area (Å²) in [5.74, 6) is 1.23. The van der Waals surface area contributed by atoms with Crippen LogP contribution in [0.2, 0.25) is 0 Å². The van der Waals surface area contributed by atoms with Crippen molar-refractivity contribution in [3.05, 3.63) is 0 Å². The first kappa shape index (κ1) is 12.9. The Morgan fingerprint density at radius 2 is 1.95 bits per heavy atom. The van der Waals surface area contributed by atoms with Crippen LogP contribution in [-0.4, -0.2) is 50.1 Å². The Kier molecular flexibility index (Phi) is 3.25. The summed E-state index contributed by atoms with van der Waals surface area (Å²) in [4.78, 5) is 26.1. The molecule has 2 saturated carbocycles. The Morgan fingerprint density at radius 3 is 2.47 bits per heavy atom. The van der Waals surface area contributed by atoms with Crippen molar-refractivity contribution in [3.8, 4) is 0 Å². The van der Waals surface area contributed by atoms with E-state index in [0.717, 1.165) is 38.8 Å². The van der Waals surface area contributed by atoms with Crippen molar-refractivity contribution in [1.29, 1.82) is 0 Å². The van der Waals surface area contributed by atoms with Crippen LogP contribution < -0.4 is 5.32 Å². The summed E-state index contributed by atoms with van der Waals surface area (Å²) in [7, 11) is 1.62. The average molecular weight is 266 g/mol. The van der Waals surface area contributed by atoms with Crippen molar-refractivity contribution in [2.75, 3.05) is 33.4 Å². The molecule has 19 heavy (non-hydrogen) atoms. The maximum Gasteiger partial charge on any atom is 0.229 e. The molecule has 0 aromatic carbocycles. The van der Waals surface area contributed by atoms with Gasteiger partial charge in [0.1, 0.15) is 0 Å². The lowest BCUT2D eigenvalue weighted by Crippen LogP contribution is -2.44. The maximum absolute atomic E-state index is 12.2. The number of hydrogen-bond acceptors (Lipinski definition) is 3. The minimum Gasteiger partial charge on any atom is -0.383 e. The van der Waals surface area contributed by atoms with Crippen LogP contribution in [0.25, 0.3) is 0 Å². The first-order valence-electron chi connectivity index (χ1n) is 7.23. The largest absolute Gasteiger partial charge is 0.383 e. The van der Waals surface area contributed by atoms with Gasteiger partial charge in [-0.05, 0) is 31.6 Å². The van der Waals surface area contributed by atoms with Gasteiger partial charge in [-0.1, -0.05) is 0 Å². The van der Waals surface area contributed by atoms with Crippen LogP contribution in [0.1, 0.15) is 25.7 Å². The van der Waals surface area contributed by atoms with Gasteiger partial charge >= 0.3 is 0 Å². The van der Waals surface area contributed by atoms with Gasteiger partial charge in [-0.25, -0.2) is 0 Å². The first-order chi connectivity index (χ1) is 9.17. The molecule has 3 rings (SSSR count). The number of carbonyl (C=O) groups excluding carboxylic acids is 2. The molecule has 1 saturated heterocycles. The third kappa shape index (κ3) is 2.36. The Morgan fingerprint density at radius 1 is 1.32 bits per heavy atom. The van der Waals surface area contributed by atoms with Crippen molar-refractivity contribution in [2.24, 2.45) is 17.3 Å². The minimum absolute atomic E-state index is 0.0626. The number of nitrogens with zero attached hydrogens (tertiary/aromatic N) is 1. The summed E-state index contributed by atoms with van der Waals surface area (Å²) >= 11 is 0. The van der Waals surface area contributed by atoms with Crippen molar-refractivity contribution in [3.63, 3.8) is 0 Å². The van der Waals surface area contributed by atoms with Gasteiger partial charge in [0, 0.05) is 32.7 Å². The summed E-state index contributed by atoms with van der Waals surface area (Å²) in [6.07, 6.45) is 3.82. The average Bonchev–Trinajstić information content (AvgIpc) is 3.27. The van der Waals surface area contributed by atoms with Crippen molar-refractivity contribution in [1.82, 2.24) is 10.2 Å². The van der Waals surface area contributed by atoms with E-state index >= 15 is 0 Å². The summed E-state index contributed by atoms with van der Waals surface area (Å²) < 4.78 is 4.91. The predicted octanol–water partition coefficient (Wildman–Crippen LogP) is 0.398. The number of rotatable bonds is 5. The number of nitrogens with one attached hydrogen (secondary N) is 1. The third-order valence-corrected chi connectivity index (χ3v) is 4.87. The van der Waals surface area contributed by atoms with E-state index in [-0.39, 0.29) is 17.2 Å². The fourth-order valence-corrected chi connectivity index (χ4v) is 3.13. The highest BCUT2D eigenvalue weighted by Crippen LogP contribution is 2.76. The van der Waals surface area contributed by atoms with Crippen LogP contribution in [-0.2, 0) is 14.3 Å². The van der Waals surface area contributed by atoms with Gasteiger partial charge in [-0.3, -0.25) is 9.59 Å². The molecule has 0 radical (unpaired) electrons. The fraction of sp³-hybridized carbons (Fsp3) is 0.857. The molecule has 5 nitrogen and oxygen atoms in total. The van der Waals surface area contributed by atoms with Gasteiger partial charge in [0.25, 0.3) is 0 Å². The zero-order chi connectivity index (χ0) is 13.5. The van der Waals surface area contributed by atoms with Crippen molar-refractivity contribution in [2.45, 2.75) is 25.7 Å². The van der Waals surface area contributed by atoms with Gasteiger partial charge in [0.15, 0.2) is 0 Å². The normalized spacial score (nSPS) is 32.7. The van der Waals surface area contributed by atoms with E-state index in [4.69, 9.17) is 4.74 Å². The zero-order valence-electron chi connectivity index (χ0n) is 11.5. The van der Waals surface area contributed by atoms with Crippen LogP contribution in [0.15, 0.2) is 0 Å². The molecule has 1 N–H and O–H groups in total. The number of ether oxygens (including phenoxy) is 1. The molecule has 3 aliphatic rings. The Labute approximate surface area is 113 Å². The van der Waals surface area contributed by atoms with E-state index in [1.807, 2.05) is 4.90 Å². The van der Waals surface area contributed by atoms with Crippen molar-refractivity contribution >= 4 is 11.8 Å². The summed E-state index contributed by atoms with van der Waals surface area (Å²) in [5, 5.41) is 2.88. The summed E-state index contributed by atoms with van der Waals surface area (Å²) in [6, 6.07) is 0. The van der Waals surface area contributed by atoms with Crippen LogP contribution in [0, 0.1) is 17.3 Å². The van der Waals surface area contributed by atoms with Gasteiger partial charge in [0.05, 0.1) is 12.0 Å². The number of methoxy groups -OCH3 is 1. The lowest BCUT2D eigenvalue weighted by molar-refractivity contribution is -0.138. The van der Waals surface area contributed by atoms with Gasteiger partial charge in [0.2, 0.25) is 11.8 Å². The second-order valence-electron chi connectivity index (χ2n) is 6.11. The lowest BCUT2D eigenvalue weighted by atomic mass is 9.95. The van der Waals surface area contributed by atoms with Gasteiger partial charge in [-0.2, -0.15) is 0 Å². The highest BCUT2D eigenvalue weighted by Gasteiger charge is 2.75. The number of hydrogen-bond donors (Lipinski definition) is 1. The highest BCUT2D eigenvalue weighted by molar-refractivity contribution is 5.90. The van der Waals surface area contributed by atoms with Crippen LogP contribution >= 0.6 is 0 Å². The second kappa shape index (κ2) is 4.78. The van der Waals surface area contributed by atoms with Crippen molar-refractivity contribution < 1.29 is 14.3 Å². The molecule has 5 heteroatoms. The van der Waals surface area contributed by atoms with Crippen LogP contribution in [0.4, 0.5) is 0 Å². The maximum atomic E-state index is 12.2. The summed E-state index contributed by atoms with van der Waals surface area (Å²) in [5.41, 5.74) is 0.0769. The SMILES string of the molecule is COCCNC(=O)C1CCN(C(=O)C23CC2C3)CC1. The molecule has 1 aliphatic heterocycles. The van der Waals surface area contributed by atoms with E-state index in [2.05, 4.69) is 5.32 Å². The van der Waals surface area contributed by atoms with Gasteiger partial charge < -0.3 is 15.0 Å². The number of amides is 2. The molecule has 0 aromatic rings. The molecule has 0 spiro atoms. The quantitative estimate of drug-likeness (QED) is 0.733. The zero-order valence-corrected chi connectivity index (χ0v) is 11.5. The molecule has 106 valence electrons. The molecule has 0 unspecified atom stereocenters. The van der Waals surface area contributed by atoms with E-state index in [1.54, 1.807) is 7.11 Å². The van der Waals surface area contributed by atoms with Crippen LogP contribution in [0.5, 0.6) is 0 Å². The minimum atomic E-state index is 0.0626. The Bertz CT molecular complexity index is 382. The monoisotopic (exact) mass is 266 g/mol. The van der Waals surface area contributed by atoms with Gasteiger partial charge in [-0.15, -0.1) is 0 Å². The predicted molar refractivity (Wildman–Crippen MR) is 69.3 cm³/mol. The smallest absolute Gasteiger partial charge is 0.229 e. The lowest BCUT2D eigenvalue weighted by Gasteiger charge is -2.32. The number of fused-ring (bicyclic) bond motifs is 1. The third-order valence-electron chi connectivity index (χ3n) is 4.87. The molecule has 0 bridgehead atoms. The topological polar surface area (TPSA) is 58.6 Å². The highest BCUT2D eigenvalue weighted by atomic mass is 16.5. The number of piperidine rings is 1. The van der Waals surface area contributed by atoms with E-state index < -0.39 is 0 Å². The molecular formula is C14H22N2O3. The molecular weight excluding hydrogens is 244 g/mol. The first-order valence-corrected chi connectivity index (χ1v) is 7.23.